The molecule has 44 heteroatoms. The molecule has 0 amide bonds. The Hall–Kier alpha value is -10.6. The molecule has 0 spiro atoms. The molecule has 0 radical (unpaired) electrons. The van der Waals surface area contributed by atoms with Gasteiger partial charge in [-0.15, -0.1) is 0 Å². The van der Waals surface area contributed by atoms with Crippen molar-refractivity contribution in [3.05, 3.63) is 259 Å². The molecule has 30 nitrogen and oxygen atoms in total. The van der Waals surface area contributed by atoms with Crippen molar-refractivity contribution in [3.8, 4) is 91.3 Å². The fourth-order valence-electron chi connectivity index (χ4n) is 9.90. The zero-order chi connectivity index (χ0) is 89.2. The standard InChI is InChI=1S/C19H18FN3O5S.C19H18FN3O3S.C11H10FN3OS.C10H8FN3OS.C9H11BrO2.C6H8BNO3.C5H4ClFN2S.Na.H/c1-27-15-6-4-12(8-16(15)28-2)10-23-11-13(5-7-18(23)24)14-9-17(20)22-19(21-14)29(3,25)26;1-25-15-6-4-12(8-16(15)26-2)10-23-11-13(5-7-18(23)24)14-9-17(20)22-19(21-14)27-3;1-16-10-4-3-7(6-13-10)8-5-9(12)15-11(14-8)17-2;1-16-10-13-7(4-8(11)14-10)6-2-3-9(15)12-5-6;1-11-8-4-3-7(6-10)5-9(8)12-2;1-11-6-3-2-5(4-8-6)7(9)10;1-10-5-8-3(6)2-4(7)9-5;;/h4-9,11H,10H2,1-3H3;4-9,11H,10H2,1-3H3;3-6H,1-2H3;2-5H,1H3,(H,12,15);3-5H,6H2,1-2H3;2-4,9-10H,1H3;2H,1H3;;/q;;;;;;;+1;-1. The fourth-order valence-corrected chi connectivity index (χ4v) is 12.5. The van der Waals surface area contributed by atoms with E-state index in [0.717, 1.165) is 51.9 Å². The Morgan fingerprint density at radius 2 is 0.805 bits per heavy atom. The molecule has 642 valence electrons. The molecule has 3 aromatic carbocycles. The van der Waals surface area contributed by atoms with Crippen molar-refractivity contribution in [2.45, 2.75) is 44.2 Å². The van der Waals surface area contributed by atoms with E-state index in [0.29, 0.717) is 101 Å². The summed E-state index contributed by atoms with van der Waals surface area (Å²) in [6.45, 7) is 0.537. The van der Waals surface area contributed by atoms with E-state index in [2.05, 4.69) is 80.7 Å². The molecule has 10 heterocycles. The first-order valence-corrected chi connectivity index (χ1v) is 43.1. The van der Waals surface area contributed by atoms with Crippen LogP contribution in [0.1, 0.15) is 18.1 Å². The van der Waals surface area contributed by atoms with Crippen molar-refractivity contribution in [2.75, 3.05) is 88.2 Å². The number of alkyl halides is 1. The third-order valence-corrected chi connectivity index (χ3v) is 19.6. The van der Waals surface area contributed by atoms with Crippen LogP contribution >= 0.6 is 74.6 Å². The average molecular weight is 1880 g/mol. The number of hydrogen-bond acceptors (Lipinski definition) is 31. The van der Waals surface area contributed by atoms with Crippen molar-refractivity contribution in [3.63, 3.8) is 0 Å². The largest absolute Gasteiger partial charge is 1.00 e. The van der Waals surface area contributed by atoms with Crippen molar-refractivity contribution in [1.29, 1.82) is 0 Å². The van der Waals surface area contributed by atoms with Crippen LogP contribution in [0.5, 0.6) is 46.3 Å². The Balaban J connectivity index is 0.000000265. The van der Waals surface area contributed by atoms with Gasteiger partial charge in [0.2, 0.25) is 62.1 Å². The number of thioether (sulfide) groups is 4. The topological polar surface area (TPSA) is 380 Å². The summed E-state index contributed by atoms with van der Waals surface area (Å²) in [5.74, 6) is 1.46. The summed E-state index contributed by atoms with van der Waals surface area (Å²) in [6.07, 6.45) is 15.6. The average Bonchev–Trinajstić information content (AvgIpc) is 0.803. The van der Waals surface area contributed by atoms with Crippen LogP contribution in [-0.2, 0) is 28.3 Å². The number of benzene rings is 3. The Morgan fingerprint density at radius 3 is 1.16 bits per heavy atom. The minimum atomic E-state index is -3.79. The normalized spacial score (nSPS) is 10.4. The van der Waals surface area contributed by atoms with Gasteiger partial charge in [0.15, 0.2) is 55.1 Å². The Labute approximate surface area is 757 Å². The van der Waals surface area contributed by atoms with Gasteiger partial charge in [0, 0.05) is 125 Å². The molecule has 0 aliphatic heterocycles. The zero-order valence-corrected chi connectivity index (χ0v) is 76.5. The van der Waals surface area contributed by atoms with Gasteiger partial charge < -0.3 is 63.5 Å². The number of aromatic amines is 1. The second-order valence-electron chi connectivity index (χ2n) is 23.8. The van der Waals surface area contributed by atoms with Gasteiger partial charge in [-0.05, 0) is 108 Å². The molecular formula is C79H78BBrClF5N15NaO15S5. The van der Waals surface area contributed by atoms with E-state index in [4.69, 9.17) is 59.5 Å². The van der Waals surface area contributed by atoms with E-state index >= 15 is 0 Å². The Kier molecular flexibility index (Phi) is 41.8. The quantitative estimate of drug-likeness (QED) is 0.0134. The molecule has 13 rings (SSSR count). The fraction of sp³-hybridized carbons (Fsp3) is 0.203. The number of aromatic nitrogens is 15. The van der Waals surface area contributed by atoms with Crippen LogP contribution in [0.15, 0.2) is 217 Å². The molecule has 0 saturated heterocycles. The minimum Gasteiger partial charge on any atom is -1.00 e. The molecule has 0 aliphatic carbocycles. The van der Waals surface area contributed by atoms with Crippen LogP contribution in [0, 0.1) is 29.7 Å². The summed E-state index contributed by atoms with van der Waals surface area (Å²) in [5, 5.41) is 19.1. The number of hydrogen-bond donors (Lipinski definition) is 3. The molecule has 0 atom stereocenters. The number of nitrogens with one attached hydrogen (secondary N) is 1. The van der Waals surface area contributed by atoms with Gasteiger partial charge in [-0.2, -0.15) is 46.9 Å². The summed E-state index contributed by atoms with van der Waals surface area (Å²) >= 11 is 13.9. The third-order valence-electron chi connectivity index (χ3n) is 15.8. The SMILES string of the molecule is COc1ccc(-c2cc(F)nc(SC)n2)cn1.COc1ccc(B(O)O)cn1.COc1ccc(CBr)cc1OC.COc1ccc(Cn2cc(-c3cc(F)nc(S(C)(=O)=O)n3)ccc2=O)cc1OC.COc1ccc(Cn2cc(-c3cc(F)nc(SC)n3)ccc2=O)cc1OC.CSc1nc(F)cc(-c2ccc(=O)[nH]c2)n1.CSc1nc(F)cc(Cl)n1.[H-].[Na+]. The van der Waals surface area contributed by atoms with Crippen LogP contribution in [0.3, 0.4) is 0 Å². The Bertz CT molecular complexity index is 5940. The molecule has 0 saturated carbocycles. The van der Waals surface area contributed by atoms with Crippen LogP contribution in [-0.4, -0.2) is 188 Å². The molecule has 0 fully saturated rings. The van der Waals surface area contributed by atoms with E-state index in [1.54, 1.807) is 120 Å². The van der Waals surface area contributed by atoms with E-state index in [1.165, 1.54) is 157 Å². The molecule has 0 unspecified atom stereocenters. The number of nitrogens with zero attached hydrogens (tertiary/aromatic N) is 14. The molecule has 0 aliphatic rings. The maximum Gasteiger partial charge on any atom is 1.00 e. The molecule has 123 heavy (non-hydrogen) atoms. The second-order valence-corrected chi connectivity index (χ2v) is 29.8. The predicted molar refractivity (Wildman–Crippen MR) is 462 cm³/mol. The summed E-state index contributed by atoms with van der Waals surface area (Å²) in [5.41, 5.74) is 6.31. The number of rotatable bonds is 23. The maximum absolute atomic E-state index is 13.8. The summed E-state index contributed by atoms with van der Waals surface area (Å²) in [6, 6.07) is 37.7. The van der Waals surface area contributed by atoms with Gasteiger partial charge in [0.25, 0.3) is 11.1 Å². The molecule has 3 N–H and O–H groups in total. The zero-order valence-electron chi connectivity index (χ0n) is 69.1. The Morgan fingerprint density at radius 1 is 0.439 bits per heavy atom. The predicted octanol–water partition coefficient (Wildman–Crippen LogP) is 9.72. The third kappa shape index (κ3) is 31.9. The van der Waals surface area contributed by atoms with E-state index in [1.807, 2.05) is 30.3 Å². The number of pyridine rings is 5. The molecule has 10 aromatic heterocycles. The monoisotopic (exact) mass is 1880 g/mol. The molecular weight excluding hydrogens is 1800 g/mol. The van der Waals surface area contributed by atoms with Gasteiger partial charge in [0.1, 0.15) is 5.15 Å². The van der Waals surface area contributed by atoms with Gasteiger partial charge in [-0.25, -0.2) is 43.3 Å². The van der Waals surface area contributed by atoms with Crippen molar-refractivity contribution in [1.82, 2.24) is 73.9 Å². The number of halogens is 7. The number of methoxy groups -OCH3 is 8. The van der Waals surface area contributed by atoms with Gasteiger partial charge in [0.05, 0.1) is 92.7 Å². The van der Waals surface area contributed by atoms with Gasteiger partial charge >= 0.3 is 36.7 Å². The van der Waals surface area contributed by atoms with E-state index in [9.17, 15) is 44.8 Å². The number of sulfone groups is 1. The summed E-state index contributed by atoms with van der Waals surface area (Å²) in [7, 11) is 7.20. The van der Waals surface area contributed by atoms with E-state index < -0.39 is 51.9 Å². The van der Waals surface area contributed by atoms with E-state index in [-0.39, 0.29) is 65.1 Å². The van der Waals surface area contributed by atoms with Crippen LogP contribution in [0.25, 0.3) is 45.0 Å². The van der Waals surface area contributed by atoms with Crippen LogP contribution in [0.2, 0.25) is 5.15 Å². The minimum absolute atomic E-state index is 0. The first kappa shape index (κ1) is 101. The molecule has 0 bridgehead atoms. The smallest absolute Gasteiger partial charge is 1.00 e. The maximum atomic E-state index is 13.8. The van der Waals surface area contributed by atoms with Crippen LogP contribution in [0.4, 0.5) is 22.0 Å². The van der Waals surface area contributed by atoms with Crippen LogP contribution < -0.4 is 89.6 Å². The molecule has 13 aromatic rings. The van der Waals surface area contributed by atoms with Crippen molar-refractivity contribution < 1.29 is 109 Å². The van der Waals surface area contributed by atoms with Gasteiger partial charge in [-0.1, -0.05) is 98.8 Å². The van der Waals surface area contributed by atoms with Gasteiger partial charge in [-0.3, -0.25) is 14.4 Å². The summed E-state index contributed by atoms with van der Waals surface area (Å²) < 4.78 is 134. The first-order chi connectivity index (χ1) is 58.4. The summed E-state index contributed by atoms with van der Waals surface area (Å²) in [4.78, 5) is 83.8. The van der Waals surface area contributed by atoms with Crippen molar-refractivity contribution in [2.24, 2.45) is 0 Å². The number of H-pyrrole nitrogens is 1. The number of ether oxygens (including phenoxy) is 8. The second kappa shape index (κ2) is 50.8. The first-order valence-electron chi connectivity index (χ1n) is 34.8. The van der Waals surface area contributed by atoms with Crippen molar-refractivity contribution >= 4 is 97.0 Å².